The van der Waals surface area contributed by atoms with Gasteiger partial charge in [-0.1, -0.05) is 19.1 Å². The monoisotopic (exact) mass is 331 g/mol. The summed E-state index contributed by atoms with van der Waals surface area (Å²) in [4.78, 5) is 16.2. The van der Waals surface area contributed by atoms with Crippen molar-refractivity contribution < 1.29 is 15.0 Å². The van der Waals surface area contributed by atoms with Crippen molar-refractivity contribution in [2.45, 2.75) is 33.2 Å². The van der Waals surface area contributed by atoms with Crippen LogP contribution in [0.2, 0.25) is 0 Å². The molecule has 2 N–H and O–H groups in total. The van der Waals surface area contributed by atoms with Gasteiger partial charge >= 0.3 is 0 Å². The molecule has 2 atom stereocenters. The third-order valence-electron chi connectivity index (χ3n) is 5.25. The van der Waals surface area contributed by atoms with Crippen LogP contribution in [0.25, 0.3) is 11.0 Å². The molecule has 1 saturated heterocycles. The number of para-hydroxylation sites is 2. The van der Waals surface area contributed by atoms with Crippen LogP contribution in [-0.4, -0.2) is 45.4 Å². The smallest absolute Gasteiger partial charge is 0.300 e. The summed E-state index contributed by atoms with van der Waals surface area (Å²) in [5, 5.41) is 16.8. The van der Waals surface area contributed by atoms with Gasteiger partial charge in [-0.3, -0.25) is 4.79 Å². The molecule has 0 amide bonds. The summed E-state index contributed by atoms with van der Waals surface area (Å²) in [6.07, 6.45) is 2.66. The second kappa shape index (κ2) is 6.43. The van der Waals surface area contributed by atoms with E-state index in [-0.39, 0.29) is 6.61 Å². The van der Waals surface area contributed by atoms with Crippen molar-refractivity contribution in [2.24, 2.45) is 11.3 Å². The fraction of sp³-hybridized carbons (Fsp3) is 0.556. The summed E-state index contributed by atoms with van der Waals surface area (Å²) < 4.78 is 2.17. The predicted octanol–water partition coefficient (Wildman–Crippen LogP) is 2.36. The van der Waals surface area contributed by atoms with Crippen molar-refractivity contribution in [3.63, 3.8) is 0 Å². The fourth-order valence-electron chi connectivity index (χ4n) is 3.92. The van der Waals surface area contributed by atoms with E-state index in [2.05, 4.69) is 28.5 Å². The third-order valence-corrected chi connectivity index (χ3v) is 5.25. The van der Waals surface area contributed by atoms with Gasteiger partial charge in [0.05, 0.1) is 17.6 Å². The van der Waals surface area contributed by atoms with E-state index in [0.717, 1.165) is 42.9 Å². The van der Waals surface area contributed by atoms with Crippen molar-refractivity contribution in [1.82, 2.24) is 9.55 Å². The Morgan fingerprint density at radius 1 is 1.42 bits per heavy atom. The number of aliphatic hydroxyl groups excluding tert-OH is 1. The topological polar surface area (TPSA) is 78.6 Å². The lowest BCUT2D eigenvalue weighted by molar-refractivity contribution is -0.134. The number of carbonyl (C=O) groups is 1. The van der Waals surface area contributed by atoms with E-state index in [1.54, 1.807) is 0 Å². The van der Waals surface area contributed by atoms with Gasteiger partial charge in [0.1, 0.15) is 0 Å². The highest BCUT2D eigenvalue weighted by Crippen LogP contribution is 2.60. The first-order valence-electron chi connectivity index (χ1n) is 8.51. The molecule has 6 heteroatoms. The maximum Gasteiger partial charge on any atom is 0.300 e. The lowest BCUT2D eigenvalue weighted by Gasteiger charge is -2.22. The molecule has 2 fully saturated rings. The van der Waals surface area contributed by atoms with E-state index < -0.39 is 5.97 Å². The number of anilines is 1. The average molecular weight is 331 g/mol. The van der Waals surface area contributed by atoms with Gasteiger partial charge < -0.3 is 19.7 Å². The molecule has 130 valence electrons. The summed E-state index contributed by atoms with van der Waals surface area (Å²) in [5.41, 5.74) is 2.71. The van der Waals surface area contributed by atoms with Gasteiger partial charge in [0.15, 0.2) is 0 Å². The molecule has 2 aromatic rings. The number of hydrogen-bond donors (Lipinski definition) is 2. The predicted molar refractivity (Wildman–Crippen MR) is 93.2 cm³/mol. The molecule has 4 rings (SSSR count). The number of piperidine rings is 1. The van der Waals surface area contributed by atoms with Gasteiger partial charge in [-0.15, -0.1) is 0 Å². The Kier molecular flexibility index (Phi) is 4.49. The summed E-state index contributed by atoms with van der Waals surface area (Å²) >= 11 is 0. The van der Waals surface area contributed by atoms with E-state index in [1.165, 1.54) is 12.8 Å². The summed E-state index contributed by atoms with van der Waals surface area (Å²) in [6, 6.07) is 8.21. The molecule has 0 radical (unpaired) electrons. The molecule has 1 saturated carbocycles. The average Bonchev–Trinajstić information content (AvgIpc) is 2.93. The maximum atomic E-state index is 9.36. The number of rotatable bonds is 4. The molecule has 2 heterocycles. The highest BCUT2D eigenvalue weighted by Gasteiger charge is 2.58. The number of benzene rings is 1. The molecular formula is C18H25N3O3. The van der Waals surface area contributed by atoms with Gasteiger partial charge in [0.25, 0.3) is 5.97 Å². The molecule has 0 spiro atoms. The van der Waals surface area contributed by atoms with E-state index in [1.807, 2.05) is 12.1 Å². The molecule has 1 aliphatic carbocycles. The Labute approximate surface area is 141 Å². The Balaban J connectivity index is 0.000000383. The van der Waals surface area contributed by atoms with Crippen molar-refractivity contribution >= 4 is 23.0 Å². The Bertz CT molecular complexity index is 734. The Hall–Kier alpha value is -2.08. The number of imidazole rings is 1. The Morgan fingerprint density at radius 2 is 2.12 bits per heavy atom. The quantitative estimate of drug-likeness (QED) is 0.899. The summed E-state index contributed by atoms with van der Waals surface area (Å²) in [7, 11) is 0. The van der Waals surface area contributed by atoms with Gasteiger partial charge in [-0.25, -0.2) is 4.98 Å². The first-order valence-corrected chi connectivity index (χ1v) is 8.51. The zero-order valence-electron chi connectivity index (χ0n) is 14.3. The van der Waals surface area contributed by atoms with Crippen molar-refractivity contribution in [1.29, 1.82) is 0 Å². The summed E-state index contributed by atoms with van der Waals surface area (Å²) in [6.45, 7) is 6.42. The standard InChI is InChI=1S/C16H21N3O.C2H4O2/c1-2-16-9-12(16)10-18(11-16)15-17-13-5-3-4-6-14(13)19(15)7-8-20;1-2(3)4/h3-6,12,20H,2,7-11H2,1H3;1H3,(H,3,4). The molecule has 0 bridgehead atoms. The second-order valence-electron chi connectivity index (χ2n) is 6.79. The number of aromatic nitrogens is 2. The van der Waals surface area contributed by atoms with Gasteiger partial charge in [-0.05, 0) is 36.3 Å². The molecule has 1 aliphatic heterocycles. The number of nitrogens with zero attached hydrogens (tertiary/aromatic N) is 3. The van der Waals surface area contributed by atoms with Crippen LogP contribution in [0, 0.1) is 11.3 Å². The SMILES string of the molecule is CC(=O)O.CCC12CC1CN(c1nc3ccccc3n1CCO)C2. The lowest BCUT2D eigenvalue weighted by Crippen LogP contribution is -2.27. The third kappa shape index (κ3) is 2.98. The molecule has 24 heavy (non-hydrogen) atoms. The number of aliphatic hydroxyl groups is 1. The van der Waals surface area contributed by atoms with Crippen molar-refractivity contribution in [2.75, 3.05) is 24.6 Å². The van der Waals surface area contributed by atoms with Gasteiger partial charge in [-0.2, -0.15) is 0 Å². The minimum Gasteiger partial charge on any atom is -0.481 e. The first-order chi connectivity index (χ1) is 11.5. The largest absolute Gasteiger partial charge is 0.481 e. The van der Waals surface area contributed by atoms with Crippen LogP contribution in [0.15, 0.2) is 24.3 Å². The second-order valence-corrected chi connectivity index (χ2v) is 6.79. The number of carboxylic acid groups (broad SMARTS) is 1. The van der Waals surface area contributed by atoms with Crippen molar-refractivity contribution in [3.05, 3.63) is 24.3 Å². The number of hydrogen-bond acceptors (Lipinski definition) is 4. The molecule has 2 aliphatic rings. The molecule has 1 aromatic heterocycles. The highest BCUT2D eigenvalue weighted by molar-refractivity contribution is 5.79. The zero-order chi connectivity index (χ0) is 17.3. The maximum absolute atomic E-state index is 9.36. The molecule has 1 aromatic carbocycles. The first kappa shape index (κ1) is 16.8. The minimum atomic E-state index is -0.833. The van der Waals surface area contributed by atoms with Crippen LogP contribution in [0.5, 0.6) is 0 Å². The van der Waals surface area contributed by atoms with E-state index >= 15 is 0 Å². The van der Waals surface area contributed by atoms with Crippen LogP contribution < -0.4 is 4.90 Å². The number of carboxylic acids is 1. The van der Waals surface area contributed by atoms with Crippen LogP contribution in [-0.2, 0) is 11.3 Å². The molecule has 2 unspecified atom stereocenters. The number of aliphatic carboxylic acids is 1. The number of fused-ring (bicyclic) bond motifs is 2. The fourth-order valence-corrected chi connectivity index (χ4v) is 3.92. The normalized spacial score (nSPS) is 24.5. The van der Waals surface area contributed by atoms with Gasteiger partial charge in [0, 0.05) is 26.6 Å². The van der Waals surface area contributed by atoms with E-state index in [0.29, 0.717) is 12.0 Å². The zero-order valence-corrected chi connectivity index (χ0v) is 14.3. The van der Waals surface area contributed by atoms with E-state index in [4.69, 9.17) is 14.9 Å². The van der Waals surface area contributed by atoms with E-state index in [9.17, 15) is 5.11 Å². The lowest BCUT2D eigenvalue weighted by atomic mass is 10.0. The molecular weight excluding hydrogens is 306 g/mol. The van der Waals surface area contributed by atoms with Crippen LogP contribution in [0.3, 0.4) is 0 Å². The van der Waals surface area contributed by atoms with Gasteiger partial charge in [0.2, 0.25) is 5.95 Å². The summed E-state index contributed by atoms with van der Waals surface area (Å²) in [5.74, 6) is 1.06. The highest BCUT2D eigenvalue weighted by atomic mass is 16.4. The van der Waals surface area contributed by atoms with Crippen LogP contribution in [0.1, 0.15) is 26.7 Å². The van der Waals surface area contributed by atoms with Crippen LogP contribution in [0.4, 0.5) is 5.95 Å². The minimum absolute atomic E-state index is 0.156. The Morgan fingerprint density at radius 3 is 2.75 bits per heavy atom. The van der Waals surface area contributed by atoms with Crippen molar-refractivity contribution in [3.8, 4) is 0 Å². The van der Waals surface area contributed by atoms with Crippen LogP contribution >= 0.6 is 0 Å². The molecule has 6 nitrogen and oxygen atoms in total.